The van der Waals surface area contributed by atoms with Crippen LogP contribution in [0.1, 0.15) is 78.6 Å². The second kappa shape index (κ2) is 29.5. The van der Waals surface area contributed by atoms with Gasteiger partial charge in [-0.2, -0.15) is 23.5 Å². The van der Waals surface area contributed by atoms with Gasteiger partial charge in [0, 0.05) is 19.5 Å². The molecular weight excluding hydrogens is 919 g/mol. The summed E-state index contributed by atoms with van der Waals surface area (Å²) in [6.07, 6.45) is 5.55. The van der Waals surface area contributed by atoms with Gasteiger partial charge in [-0.15, -0.1) is 0 Å². The first-order valence-electron chi connectivity index (χ1n) is 22.2. The first-order valence-corrected chi connectivity index (χ1v) is 25.0. The molecule has 0 radical (unpaired) electrons. The number of amides is 10. The molecular formula is C41H69N11O13S2. The molecule has 0 unspecified atom stereocenters. The second-order valence-corrected chi connectivity index (χ2v) is 18.7. The van der Waals surface area contributed by atoms with Gasteiger partial charge in [0.1, 0.15) is 42.3 Å². The van der Waals surface area contributed by atoms with Crippen LogP contribution in [0.5, 0.6) is 0 Å². The Hall–Kier alpha value is -5.21. The summed E-state index contributed by atoms with van der Waals surface area (Å²) in [4.78, 5) is 144. The minimum Gasteiger partial charge on any atom is -0.480 e. The summed E-state index contributed by atoms with van der Waals surface area (Å²) in [5, 5.41) is 35.9. The van der Waals surface area contributed by atoms with E-state index in [2.05, 4.69) is 37.2 Å². The number of aliphatic carboxylic acids is 1. The molecule has 378 valence electrons. The number of nitrogens with one attached hydrogen (secondary N) is 7. The summed E-state index contributed by atoms with van der Waals surface area (Å²) in [5.41, 5.74) is 10.9. The molecule has 0 aliphatic carbocycles. The number of primary amides is 1. The topological polar surface area (TPSA) is 371 Å². The molecule has 0 bridgehead atoms. The molecule has 24 nitrogen and oxygen atoms in total. The van der Waals surface area contributed by atoms with E-state index >= 15 is 0 Å². The Kier molecular flexibility index (Phi) is 25.5. The monoisotopic (exact) mass is 987 g/mol. The molecule has 8 atom stereocenters. The molecule has 0 aromatic heterocycles. The average molecular weight is 988 g/mol. The average Bonchev–Trinajstić information content (AvgIpc) is 3.99. The summed E-state index contributed by atoms with van der Waals surface area (Å²) in [5.74, 6) is -7.34. The molecule has 2 heterocycles. The van der Waals surface area contributed by atoms with Gasteiger partial charge in [-0.25, -0.2) is 4.79 Å². The lowest BCUT2D eigenvalue weighted by atomic mass is 10.0. The summed E-state index contributed by atoms with van der Waals surface area (Å²) >= 11 is 2.82. The maximum atomic E-state index is 13.9. The minimum absolute atomic E-state index is 0.00160. The molecule has 2 aliphatic rings. The fourth-order valence-electron chi connectivity index (χ4n) is 7.30. The zero-order chi connectivity index (χ0) is 50.4. The lowest BCUT2D eigenvalue weighted by molar-refractivity contribution is -0.147. The number of likely N-dealkylation sites (tertiary alicyclic amines) is 2. The predicted octanol–water partition coefficient (Wildman–Crippen LogP) is -4.13. The van der Waals surface area contributed by atoms with Crippen molar-refractivity contribution in [2.75, 3.05) is 56.8 Å². The molecule has 10 amide bonds. The van der Waals surface area contributed by atoms with Crippen LogP contribution < -0.4 is 48.7 Å². The van der Waals surface area contributed by atoms with Crippen LogP contribution in [0, 0.1) is 5.92 Å². The van der Waals surface area contributed by atoms with Gasteiger partial charge >= 0.3 is 5.97 Å². The van der Waals surface area contributed by atoms with E-state index < -0.39 is 133 Å². The number of nitrogens with two attached hydrogens (primary N) is 2. The first-order chi connectivity index (χ1) is 31.6. The normalized spacial score (nSPS) is 18.3. The van der Waals surface area contributed by atoms with Crippen LogP contribution in [-0.4, -0.2) is 190 Å². The Labute approximate surface area is 398 Å². The van der Waals surface area contributed by atoms with Gasteiger partial charge in [-0.05, 0) is 88.2 Å². The number of aliphatic hydroxyl groups is 1. The third-order valence-corrected chi connectivity index (χ3v) is 12.3. The van der Waals surface area contributed by atoms with E-state index in [4.69, 9.17) is 11.5 Å². The molecule has 2 aliphatic heterocycles. The van der Waals surface area contributed by atoms with Gasteiger partial charge in [-0.3, -0.25) is 47.9 Å². The van der Waals surface area contributed by atoms with Crippen molar-refractivity contribution in [1.82, 2.24) is 47.0 Å². The molecule has 26 heteroatoms. The standard InChI is InChI=1S/C41H69N11O13S2/c1-22(2)18-27(38(61)50-28(21-53)41(64)65)47-32(55)19-44-34(57)23(3)46-36(59)25(12-16-66-4)48-37(60)26(13-17-67-5)49-39(62)29-8-6-15-52(29)40(63)30-9-7-14-51(30)33(56)20-45-35(58)24(42)10-11-31(43)54/h22-30,53H,6-21,42H2,1-5H3,(H2,43,54)(H,44,57)(H,45,58)(H,46,59)(H,47,55)(H,48,60)(H,49,62)(H,50,61)(H,64,65)/t23-,24-,25-,26-,27-,28-,29-,30-/m0/s1. The Bertz CT molecular complexity index is 1780. The smallest absolute Gasteiger partial charge is 0.328 e. The Balaban J connectivity index is 2.07. The summed E-state index contributed by atoms with van der Waals surface area (Å²) < 4.78 is 0. The summed E-state index contributed by atoms with van der Waals surface area (Å²) in [6.45, 7) is 3.46. The van der Waals surface area contributed by atoms with Crippen LogP contribution in [0.4, 0.5) is 0 Å². The van der Waals surface area contributed by atoms with Gasteiger partial charge in [0.05, 0.1) is 25.7 Å². The van der Waals surface area contributed by atoms with E-state index in [1.807, 2.05) is 6.26 Å². The van der Waals surface area contributed by atoms with Gasteiger partial charge in [0.15, 0.2) is 0 Å². The molecule has 0 saturated carbocycles. The molecule has 0 aromatic carbocycles. The van der Waals surface area contributed by atoms with Crippen molar-refractivity contribution in [2.45, 2.75) is 127 Å². The van der Waals surface area contributed by atoms with Crippen molar-refractivity contribution in [3.05, 3.63) is 0 Å². The number of aliphatic hydroxyl groups excluding tert-OH is 1. The lowest BCUT2D eigenvalue weighted by Crippen LogP contribution is -2.59. The summed E-state index contributed by atoms with van der Waals surface area (Å²) in [6, 6.07) is -9.15. The van der Waals surface area contributed by atoms with Crippen LogP contribution in [-0.2, 0) is 52.7 Å². The van der Waals surface area contributed by atoms with Crippen molar-refractivity contribution < 1.29 is 63.0 Å². The fourth-order valence-corrected chi connectivity index (χ4v) is 8.24. The van der Waals surface area contributed by atoms with Crippen LogP contribution in [0.2, 0.25) is 0 Å². The largest absolute Gasteiger partial charge is 0.480 e. The number of rotatable bonds is 29. The van der Waals surface area contributed by atoms with Crippen LogP contribution in [0.15, 0.2) is 0 Å². The zero-order valence-electron chi connectivity index (χ0n) is 38.8. The van der Waals surface area contributed by atoms with E-state index in [1.54, 1.807) is 20.1 Å². The number of carbonyl (C=O) groups excluding carboxylic acids is 10. The molecule has 0 spiro atoms. The number of carboxylic acid groups (broad SMARTS) is 1. The third kappa shape index (κ3) is 19.5. The maximum Gasteiger partial charge on any atom is 0.328 e. The highest BCUT2D eigenvalue weighted by Crippen LogP contribution is 2.25. The fraction of sp³-hybridized carbons (Fsp3) is 0.732. The molecule has 2 fully saturated rings. The Morgan fingerprint density at radius 3 is 1.76 bits per heavy atom. The molecule has 0 aromatic rings. The maximum absolute atomic E-state index is 13.9. The highest BCUT2D eigenvalue weighted by atomic mass is 32.2. The van der Waals surface area contributed by atoms with E-state index in [0.29, 0.717) is 37.2 Å². The van der Waals surface area contributed by atoms with Crippen molar-refractivity contribution >= 4 is 88.6 Å². The van der Waals surface area contributed by atoms with Crippen molar-refractivity contribution in [2.24, 2.45) is 17.4 Å². The number of thioether (sulfide) groups is 2. The number of hydrogen-bond donors (Lipinski definition) is 11. The number of carbonyl (C=O) groups is 11. The zero-order valence-corrected chi connectivity index (χ0v) is 40.4. The van der Waals surface area contributed by atoms with Crippen molar-refractivity contribution in [3.8, 4) is 0 Å². The first kappa shape index (κ1) is 57.9. The lowest BCUT2D eigenvalue weighted by Gasteiger charge is -2.32. The van der Waals surface area contributed by atoms with Crippen LogP contribution in [0.3, 0.4) is 0 Å². The molecule has 2 saturated heterocycles. The third-order valence-electron chi connectivity index (χ3n) is 11.0. The van der Waals surface area contributed by atoms with Crippen LogP contribution in [0.25, 0.3) is 0 Å². The van der Waals surface area contributed by atoms with E-state index in [1.165, 1.54) is 40.2 Å². The SMILES string of the molecule is CSCC[C@H](NC(=O)[C@H](CCSC)NC(=O)[C@@H]1CCCN1C(=O)[C@@H]1CCCN1C(=O)CNC(=O)[C@@H](N)CCC(N)=O)C(=O)N[C@@H](C)C(=O)NCC(=O)N[C@@H](CC(C)C)C(=O)N[C@@H](CO)C(=O)O. The van der Waals surface area contributed by atoms with E-state index in [0.717, 1.165) is 0 Å². The van der Waals surface area contributed by atoms with E-state index in [9.17, 15) is 63.0 Å². The van der Waals surface area contributed by atoms with E-state index in [-0.39, 0.29) is 51.1 Å². The van der Waals surface area contributed by atoms with Gasteiger partial charge in [-0.1, -0.05) is 13.8 Å². The minimum atomic E-state index is -1.59. The molecule has 67 heavy (non-hydrogen) atoms. The molecule has 2 rings (SSSR count). The van der Waals surface area contributed by atoms with Crippen molar-refractivity contribution in [1.29, 1.82) is 0 Å². The van der Waals surface area contributed by atoms with Gasteiger partial charge < -0.3 is 68.7 Å². The quantitative estimate of drug-likeness (QED) is 0.0339. The second-order valence-electron chi connectivity index (χ2n) is 16.7. The molecule has 13 N–H and O–H groups in total. The Morgan fingerprint density at radius 1 is 0.657 bits per heavy atom. The number of carboxylic acids is 1. The van der Waals surface area contributed by atoms with Gasteiger partial charge in [0.2, 0.25) is 59.1 Å². The van der Waals surface area contributed by atoms with Gasteiger partial charge in [0.25, 0.3) is 0 Å². The van der Waals surface area contributed by atoms with Crippen LogP contribution >= 0.6 is 23.5 Å². The number of hydrogen-bond acceptors (Lipinski definition) is 15. The van der Waals surface area contributed by atoms with Crippen molar-refractivity contribution in [3.63, 3.8) is 0 Å². The predicted molar refractivity (Wildman–Crippen MR) is 247 cm³/mol. The Morgan fingerprint density at radius 2 is 1.19 bits per heavy atom. The summed E-state index contributed by atoms with van der Waals surface area (Å²) in [7, 11) is 0. The highest BCUT2D eigenvalue weighted by Gasteiger charge is 2.43. The highest BCUT2D eigenvalue weighted by molar-refractivity contribution is 7.98. The number of nitrogens with zero attached hydrogens (tertiary/aromatic N) is 2.